The number of aromatic nitrogens is 3. The topological polar surface area (TPSA) is 59.9 Å². The number of hydrogen-bond donors (Lipinski definition) is 1. The molecule has 1 N–H and O–H groups in total. The molecule has 0 amide bonds. The second kappa shape index (κ2) is 7.97. The molecule has 0 radical (unpaired) electrons. The molecule has 8 heteroatoms. The average molecular weight is 413 g/mol. The first-order chi connectivity index (χ1) is 14.0. The van der Waals surface area contributed by atoms with Crippen LogP contribution in [0.5, 0.6) is 5.75 Å². The number of anilines is 2. The summed E-state index contributed by atoms with van der Waals surface area (Å²) < 4.78 is 29.5. The van der Waals surface area contributed by atoms with E-state index >= 15 is 0 Å². The van der Waals surface area contributed by atoms with Gasteiger partial charge in [0.05, 0.1) is 5.52 Å². The highest BCUT2D eigenvalue weighted by molar-refractivity contribution is 6.31. The summed E-state index contributed by atoms with van der Waals surface area (Å²) in [5.74, 6) is 1.03. The third-order valence-electron chi connectivity index (χ3n) is 4.20. The molecule has 0 saturated heterocycles. The second-order valence-corrected chi connectivity index (χ2v) is 6.72. The maximum Gasteiger partial charge on any atom is 0.387 e. The zero-order valence-electron chi connectivity index (χ0n) is 15.2. The normalized spacial score (nSPS) is 11.1. The van der Waals surface area contributed by atoms with Crippen molar-refractivity contribution in [1.82, 2.24) is 15.0 Å². The Balaban J connectivity index is 1.84. The Labute approximate surface area is 170 Å². The van der Waals surface area contributed by atoms with Crippen molar-refractivity contribution in [2.24, 2.45) is 0 Å². The Morgan fingerprint density at radius 2 is 1.93 bits per heavy atom. The van der Waals surface area contributed by atoms with E-state index in [4.69, 9.17) is 11.6 Å². The van der Waals surface area contributed by atoms with Gasteiger partial charge in [0, 0.05) is 40.1 Å². The number of fused-ring (bicyclic) bond motifs is 1. The Morgan fingerprint density at radius 3 is 2.69 bits per heavy atom. The number of hydrogen-bond acceptors (Lipinski definition) is 5. The lowest BCUT2D eigenvalue weighted by atomic mass is 10.1. The predicted octanol–water partition coefficient (Wildman–Crippen LogP) is 6.00. The van der Waals surface area contributed by atoms with Crippen molar-refractivity contribution in [2.75, 3.05) is 5.32 Å². The predicted molar refractivity (Wildman–Crippen MR) is 109 cm³/mol. The van der Waals surface area contributed by atoms with Gasteiger partial charge in [-0.05, 0) is 48.9 Å². The minimum atomic E-state index is -2.90. The van der Waals surface area contributed by atoms with Gasteiger partial charge in [-0.25, -0.2) is 9.97 Å². The van der Waals surface area contributed by atoms with Gasteiger partial charge in [-0.15, -0.1) is 0 Å². The van der Waals surface area contributed by atoms with Crippen molar-refractivity contribution in [3.8, 4) is 17.1 Å². The van der Waals surface area contributed by atoms with E-state index < -0.39 is 6.61 Å². The zero-order valence-corrected chi connectivity index (χ0v) is 16.0. The summed E-state index contributed by atoms with van der Waals surface area (Å²) in [6, 6.07) is 13.5. The molecule has 0 aliphatic heterocycles. The molecule has 0 fully saturated rings. The Kier molecular flexibility index (Phi) is 5.22. The first-order valence-electron chi connectivity index (χ1n) is 8.70. The molecular formula is C21H15ClF2N4O. The molecule has 0 aliphatic rings. The number of benzene rings is 2. The molecule has 2 aromatic heterocycles. The van der Waals surface area contributed by atoms with Gasteiger partial charge in [0.2, 0.25) is 0 Å². The fourth-order valence-corrected chi connectivity index (χ4v) is 3.24. The quantitative estimate of drug-likeness (QED) is 0.435. The molecule has 2 heterocycles. The molecule has 0 bridgehead atoms. The maximum atomic E-state index is 12.5. The van der Waals surface area contributed by atoms with Crippen molar-refractivity contribution >= 4 is 34.0 Å². The minimum Gasteiger partial charge on any atom is -0.435 e. The number of halogens is 3. The molecule has 4 rings (SSSR count). The molecule has 0 spiro atoms. The Hall–Kier alpha value is -3.32. The number of nitrogens with zero attached hydrogens (tertiary/aromatic N) is 3. The summed E-state index contributed by atoms with van der Waals surface area (Å²) >= 11 is 6.24. The second-order valence-electron chi connectivity index (χ2n) is 6.29. The SMILES string of the molecule is Cc1cc(Cl)cc2c(Nc3cccc(OC(F)F)c3)nc(-c3cccnc3)nc12. The van der Waals surface area contributed by atoms with Crippen molar-refractivity contribution in [2.45, 2.75) is 13.5 Å². The molecule has 0 unspecified atom stereocenters. The van der Waals surface area contributed by atoms with Crippen LogP contribution in [0.15, 0.2) is 60.9 Å². The zero-order chi connectivity index (χ0) is 20.4. The highest BCUT2D eigenvalue weighted by atomic mass is 35.5. The van der Waals surface area contributed by atoms with Gasteiger partial charge in [0.25, 0.3) is 0 Å². The molecule has 4 aromatic rings. The Morgan fingerprint density at radius 1 is 1.07 bits per heavy atom. The van der Waals surface area contributed by atoms with E-state index in [2.05, 4.69) is 25.0 Å². The van der Waals surface area contributed by atoms with E-state index in [1.54, 1.807) is 36.7 Å². The van der Waals surface area contributed by atoms with E-state index in [0.29, 0.717) is 27.7 Å². The molecule has 29 heavy (non-hydrogen) atoms. The minimum absolute atomic E-state index is 0.0463. The van der Waals surface area contributed by atoms with Crippen LogP contribution < -0.4 is 10.1 Å². The third kappa shape index (κ3) is 4.25. The summed E-state index contributed by atoms with van der Waals surface area (Å²) in [4.78, 5) is 13.4. The van der Waals surface area contributed by atoms with Crippen LogP contribution in [0.25, 0.3) is 22.3 Å². The van der Waals surface area contributed by atoms with Crippen LogP contribution in [-0.2, 0) is 0 Å². The van der Waals surface area contributed by atoms with Gasteiger partial charge in [-0.3, -0.25) is 4.98 Å². The smallest absolute Gasteiger partial charge is 0.387 e. The van der Waals surface area contributed by atoms with E-state index in [0.717, 1.165) is 16.6 Å². The number of rotatable bonds is 5. The van der Waals surface area contributed by atoms with Crippen LogP contribution >= 0.6 is 11.6 Å². The van der Waals surface area contributed by atoms with Crippen molar-refractivity contribution < 1.29 is 13.5 Å². The summed E-state index contributed by atoms with van der Waals surface area (Å²) in [5.41, 5.74) is 2.91. The van der Waals surface area contributed by atoms with Crippen molar-refractivity contribution in [1.29, 1.82) is 0 Å². The summed E-state index contributed by atoms with van der Waals surface area (Å²) in [6.07, 6.45) is 3.34. The van der Waals surface area contributed by atoms with E-state index in [-0.39, 0.29) is 5.75 Å². The number of aryl methyl sites for hydroxylation is 1. The number of ether oxygens (including phenoxy) is 1. The van der Waals surface area contributed by atoms with E-state index in [9.17, 15) is 8.78 Å². The molecule has 0 atom stereocenters. The molecule has 146 valence electrons. The number of nitrogens with one attached hydrogen (secondary N) is 1. The highest BCUT2D eigenvalue weighted by Crippen LogP contribution is 2.32. The maximum absolute atomic E-state index is 12.5. The van der Waals surface area contributed by atoms with Crippen LogP contribution in [0.1, 0.15) is 5.56 Å². The summed E-state index contributed by atoms with van der Waals surface area (Å²) in [7, 11) is 0. The summed E-state index contributed by atoms with van der Waals surface area (Å²) in [5, 5.41) is 4.43. The van der Waals surface area contributed by atoms with Crippen LogP contribution in [0, 0.1) is 6.92 Å². The number of alkyl halides is 2. The van der Waals surface area contributed by atoms with Gasteiger partial charge < -0.3 is 10.1 Å². The first kappa shape index (κ1) is 19.0. The monoisotopic (exact) mass is 412 g/mol. The van der Waals surface area contributed by atoms with Crippen LogP contribution in [0.3, 0.4) is 0 Å². The van der Waals surface area contributed by atoms with Gasteiger partial charge >= 0.3 is 6.61 Å². The molecular weight excluding hydrogens is 398 g/mol. The van der Waals surface area contributed by atoms with Crippen LogP contribution in [0.4, 0.5) is 20.3 Å². The van der Waals surface area contributed by atoms with Gasteiger partial charge in [0.1, 0.15) is 11.6 Å². The lowest BCUT2D eigenvalue weighted by molar-refractivity contribution is -0.0498. The largest absolute Gasteiger partial charge is 0.435 e. The highest BCUT2D eigenvalue weighted by Gasteiger charge is 2.13. The first-order valence-corrected chi connectivity index (χ1v) is 9.07. The van der Waals surface area contributed by atoms with E-state index in [1.165, 1.54) is 12.1 Å². The number of pyridine rings is 1. The van der Waals surface area contributed by atoms with Gasteiger partial charge in [-0.1, -0.05) is 17.7 Å². The fourth-order valence-electron chi connectivity index (χ4n) is 2.97. The van der Waals surface area contributed by atoms with E-state index in [1.807, 2.05) is 19.1 Å². The Bertz CT molecular complexity index is 1170. The lowest BCUT2D eigenvalue weighted by Crippen LogP contribution is -2.03. The average Bonchev–Trinajstić information content (AvgIpc) is 2.69. The molecule has 2 aromatic carbocycles. The molecule has 0 saturated carbocycles. The van der Waals surface area contributed by atoms with Gasteiger partial charge in [0.15, 0.2) is 5.82 Å². The van der Waals surface area contributed by atoms with Crippen LogP contribution in [-0.4, -0.2) is 21.6 Å². The fraction of sp³-hybridized carbons (Fsp3) is 0.0952. The van der Waals surface area contributed by atoms with Crippen LogP contribution in [0.2, 0.25) is 5.02 Å². The summed E-state index contributed by atoms with van der Waals surface area (Å²) in [6.45, 7) is -0.987. The lowest BCUT2D eigenvalue weighted by Gasteiger charge is -2.13. The van der Waals surface area contributed by atoms with Gasteiger partial charge in [-0.2, -0.15) is 8.78 Å². The van der Waals surface area contributed by atoms with Crippen molar-refractivity contribution in [3.05, 3.63) is 71.5 Å². The molecule has 5 nitrogen and oxygen atoms in total. The molecule has 0 aliphatic carbocycles. The standard InChI is InChI=1S/C21H15ClF2N4O/c1-12-8-14(22)9-17-18(12)27-19(13-4-3-7-25-11-13)28-20(17)26-15-5-2-6-16(10-15)29-21(23)24/h2-11,21H,1H3,(H,26,27,28). The third-order valence-corrected chi connectivity index (χ3v) is 4.42. The van der Waals surface area contributed by atoms with Crippen molar-refractivity contribution in [3.63, 3.8) is 0 Å².